The zero-order valence-electron chi connectivity index (χ0n) is 12.2. The van der Waals surface area contributed by atoms with E-state index in [9.17, 15) is 4.39 Å². The zero-order chi connectivity index (χ0) is 14.8. The third kappa shape index (κ3) is 3.33. The predicted molar refractivity (Wildman–Crippen MR) is 80.5 cm³/mol. The number of hydrogen-bond acceptors (Lipinski definition) is 2. The Morgan fingerprint density at radius 3 is 2.95 bits per heavy atom. The standard InChI is InChI=1S/C16H23ClFNO/c1-11-4-3-7-16(10-11,20-2)15(19)9-12-8-13(18)5-6-14(12)17/h5-6,8,11,15H,3-4,7,9-10,19H2,1-2H3. The van der Waals surface area contributed by atoms with Gasteiger partial charge in [0.2, 0.25) is 0 Å². The van der Waals surface area contributed by atoms with Crippen LogP contribution in [0.3, 0.4) is 0 Å². The monoisotopic (exact) mass is 299 g/mol. The molecule has 4 heteroatoms. The van der Waals surface area contributed by atoms with Crippen LogP contribution in [0.1, 0.15) is 38.2 Å². The van der Waals surface area contributed by atoms with Gasteiger partial charge in [0.1, 0.15) is 5.82 Å². The van der Waals surface area contributed by atoms with Gasteiger partial charge in [-0.25, -0.2) is 4.39 Å². The first-order chi connectivity index (χ1) is 9.47. The van der Waals surface area contributed by atoms with Crippen LogP contribution in [0, 0.1) is 11.7 Å². The number of hydrogen-bond donors (Lipinski definition) is 1. The summed E-state index contributed by atoms with van der Waals surface area (Å²) in [5.41, 5.74) is 6.85. The van der Waals surface area contributed by atoms with Crippen molar-refractivity contribution in [3.05, 3.63) is 34.6 Å². The van der Waals surface area contributed by atoms with Crippen molar-refractivity contribution in [3.63, 3.8) is 0 Å². The van der Waals surface area contributed by atoms with E-state index in [0.29, 0.717) is 17.4 Å². The Labute approximate surface area is 125 Å². The fourth-order valence-corrected chi connectivity index (χ4v) is 3.53. The lowest BCUT2D eigenvalue weighted by atomic mass is 9.73. The number of ether oxygens (including phenoxy) is 1. The summed E-state index contributed by atoms with van der Waals surface area (Å²) in [5, 5.41) is 0.567. The van der Waals surface area contributed by atoms with E-state index in [2.05, 4.69) is 6.92 Å². The lowest BCUT2D eigenvalue weighted by Gasteiger charge is -2.43. The Morgan fingerprint density at radius 2 is 2.30 bits per heavy atom. The third-order valence-electron chi connectivity index (χ3n) is 4.52. The summed E-state index contributed by atoms with van der Waals surface area (Å²) < 4.78 is 19.1. The van der Waals surface area contributed by atoms with Crippen LogP contribution in [0.2, 0.25) is 5.02 Å². The predicted octanol–water partition coefficient (Wildman–Crippen LogP) is 3.94. The van der Waals surface area contributed by atoms with Crippen molar-refractivity contribution in [2.75, 3.05) is 7.11 Å². The summed E-state index contributed by atoms with van der Waals surface area (Å²) in [6, 6.07) is 4.25. The molecule has 1 saturated carbocycles. The van der Waals surface area contributed by atoms with Crippen LogP contribution in [-0.2, 0) is 11.2 Å². The lowest BCUT2D eigenvalue weighted by molar-refractivity contribution is -0.0705. The van der Waals surface area contributed by atoms with Crippen molar-refractivity contribution < 1.29 is 9.13 Å². The minimum atomic E-state index is -0.312. The average molecular weight is 300 g/mol. The molecule has 0 radical (unpaired) electrons. The van der Waals surface area contributed by atoms with E-state index in [4.69, 9.17) is 22.1 Å². The number of benzene rings is 1. The lowest BCUT2D eigenvalue weighted by Crippen LogP contribution is -2.53. The molecule has 0 aliphatic heterocycles. The molecule has 2 rings (SSSR count). The highest BCUT2D eigenvalue weighted by molar-refractivity contribution is 6.31. The van der Waals surface area contributed by atoms with Gasteiger partial charge in [0, 0.05) is 18.2 Å². The Balaban J connectivity index is 2.16. The van der Waals surface area contributed by atoms with Crippen LogP contribution in [0.4, 0.5) is 4.39 Å². The molecule has 1 aliphatic rings. The summed E-state index contributed by atoms with van der Waals surface area (Å²) in [6.45, 7) is 2.23. The first-order valence-corrected chi connectivity index (χ1v) is 7.59. The fourth-order valence-electron chi connectivity index (χ4n) is 3.34. The van der Waals surface area contributed by atoms with Crippen LogP contribution in [0.15, 0.2) is 18.2 Å². The normalized spacial score (nSPS) is 28.4. The molecule has 20 heavy (non-hydrogen) atoms. The molecule has 1 fully saturated rings. The molecule has 0 saturated heterocycles. The van der Waals surface area contributed by atoms with Crippen molar-refractivity contribution in [1.82, 2.24) is 0 Å². The van der Waals surface area contributed by atoms with Gasteiger partial charge in [-0.2, -0.15) is 0 Å². The van der Waals surface area contributed by atoms with E-state index >= 15 is 0 Å². The Hall–Kier alpha value is -0.640. The molecule has 0 amide bonds. The Kier molecular flexibility index (Phi) is 5.05. The molecule has 2 nitrogen and oxygen atoms in total. The number of nitrogens with two attached hydrogens (primary N) is 1. The fraction of sp³-hybridized carbons (Fsp3) is 0.625. The van der Waals surface area contributed by atoms with Gasteiger partial charge in [0.15, 0.2) is 0 Å². The minimum absolute atomic E-state index is 0.172. The van der Waals surface area contributed by atoms with Crippen molar-refractivity contribution in [1.29, 1.82) is 0 Å². The molecular formula is C16H23ClFNO. The molecule has 3 unspecified atom stereocenters. The average Bonchev–Trinajstić information content (AvgIpc) is 2.42. The van der Waals surface area contributed by atoms with E-state index in [-0.39, 0.29) is 17.5 Å². The number of methoxy groups -OCH3 is 1. The molecule has 1 aromatic rings. The Morgan fingerprint density at radius 1 is 1.55 bits per heavy atom. The highest BCUT2D eigenvalue weighted by Crippen LogP contribution is 2.38. The largest absolute Gasteiger partial charge is 0.377 e. The number of halogens is 2. The second-order valence-corrected chi connectivity index (χ2v) is 6.42. The third-order valence-corrected chi connectivity index (χ3v) is 4.89. The molecule has 1 aliphatic carbocycles. The van der Waals surface area contributed by atoms with Gasteiger partial charge < -0.3 is 10.5 Å². The maximum atomic E-state index is 13.3. The van der Waals surface area contributed by atoms with Gasteiger partial charge in [-0.1, -0.05) is 31.4 Å². The van der Waals surface area contributed by atoms with E-state index in [1.807, 2.05) is 0 Å². The first-order valence-electron chi connectivity index (χ1n) is 7.21. The maximum absolute atomic E-state index is 13.3. The molecule has 0 bridgehead atoms. The van der Waals surface area contributed by atoms with Gasteiger partial charge >= 0.3 is 0 Å². The van der Waals surface area contributed by atoms with Gasteiger partial charge in [-0.15, -0.1) is 0 Å². The van der Waals surface area contributed by atoms with Gasteiger partial charge in [-0.05, 0) is 48.9 Å². The maximum Gasteiger partial charge on any atom is 0.123 e. The first kappa shape index (κ1) is 15.7. The van der Waals surface area contributed by atoms with E-state index < -0.39 is 0 Å². The second-order valence-electron chi connectivity index (χ2n) is 6.02. The molecule has 0 aromatic heterocycles. The van der Waals surface area contributed by atoms with Crippen LogP contribution < -0.4 is 5.73 Å². The summed E-state index contributed by atoms with van der Waals surface area (Å²) in [7, 11) is 1.73. The summed E-state index contributed by atoms with van der Waals surface area (Å²) >= 11 is 6.13. The summed E-state index contributed by atoms with van der Waals surface area (Å²) in [5.74, 6) is 0.331. The van der Waals surface area contributed by atoms with Crippen LogP contribution in [-0.4, -0.2) is 18.8 Å². The molecular weight excluding hydrogens is 277 g/mol. The van der Waals surface area contributed by atoms with Gasteiger partial charge in [0.05, 0.1) is 5.60 Å². The molecule has 0 spiro atoms. The summed E-state index contributed by atoms with van der Waals surface area (Å²) in [4.78, 5) is 0. The SMILES string of the molecule is COC1(C(N)Cc2cc(F)ccc2Cl)CCCC(C)C1. The summed E-state index contributed by atoms with van der Waals surface area (Å²) in [6.07, 6.45) is 4.80. The van der Waals surface area contributed by atoms with Crippen molar-refractivity contribution in [3.8, 4) is 0 Å². The Bertz CT molecular complexity index is 468. The van der Waals surface area contributed by atoms with Crippen molar-refractivity contribution >= 4 is 11.6 Å². The van der Waals surface area contributed by atoms with E-state index in [1.165, 1.54) is 18.6 Å². The topological polar surface area (TPSA) is 35.2 Å². The van der Waals surface area contributed by atoms with E-state index in [1.54, 1.807) is 13.2 Å². The highest BCUT2D eigenvalue weighted by Gasteiger charge is 2.40. The minimum Gasteiger partial charge on any atom is -0.377 e. The quantitative estimate of drug-likeness (QED) is 0.914. The highest BCUT2D eigenvalue weighted by atomic mass is 35.5. The van der Waals surface area contributed by atoms with Crippen LogP contribution in [0.25, 0.3) is 0 Å². The molecule has 0 heterocycles. The van der Waals surface area contributed by atoms with E-state index in [0.717, 1.165) is 24.8 Å². The smallest absolute Gasteiger partial charge is 0.123 e. The molecule has 3 atom stereocenters. The number of rotatable bonds is 4. The van der Waals surface area contributed by atoms with Gasteiger partial charge in [-0.3, -0.25) is 0 Å². The molecule has 1 aromatic carbocycles. The molecule has 2 N–H and O–H groups in total. The van der Waals surface area contributed by atoms with Crippen molar-refractivity contribution in [2.24, 2.45) is 11.7 Å². The van der Waals surface area contributed by atoms with Crippen molar-refractivity contribution in [2.45, 2.75) is 50.7 Å². The van der Waals surface area contributed by atoms with Crippen LogP contribution in [0.5, 0.6) is 0 Å². The van der Waals surface area contributed by atoms with Crippen LogP contribution >= 0.6 is 11.6 Å². The molecule has 112 valence electrons. The zero-order valence-corrected chi connectivity index (χ0v) is 12.9. The second kappa shape index (κ2) is 6.42. The van der Waals surface area contributed by atoms with Gasteiger partial charge in [0.25, 0.3) is 0 Å².